The molecule has 19 heavy (non-hydrogen) atoms. The van der Waals surface area contributed by atoms with Gasteiger partial charge in [-0.1, -0.05) is 12.1 Å². The average molecular weight is 287 g/mol. The van der Waals surface area contributed by atoms with Gasteiger partial charge in [0.05, 0.1) is 10.6 Å². The molecule has 96 valence electrons. The number of aryl methyl sites for hydroxylation is 2. The quantitative estimate of drug-likeness (QED) is 0.714. The van der Waals surface area contributed by atoms with Crippen LogP contribution in [0.25, 0.3) is 16.4 Å². The summed E-state index contributed by atoms with van der Waals surface area (Å²) in [5.41, 5.74) is 3.46. The summed E-state index contributed by atoms with van der Waals surface area (Å²) in [6.07, 6.45) is 0. The highest BCUT2D eigenvalue weighted by molar-refractivity contribution is 7.71. The minimum atomic E-state index is 0.619. The Morgan fingerprint density at radius 1 is 1.26 bits per heavy atom. The third-order valence-electron chi connectivity index (χ3n) is 3.00. The number of thiophene rings is 1. The molecule has 2 aromatic heterocycles. The molecule has 0 saturated carbocycles. The lowest BCUT2D eigenvalue weighted by Crippen LogP contribution is -1.97. The van der Waals surface area contributed by atoms with Crippen LogP contribution in [-0.4, -0.2) is 14.8 Å². The summed E-state index contributed by atoms with van der Waals surface area (Å²) in [6.45, 7) is 4.16. The van der Waals surface area contributed by atoms with Crippen molar-refractivity contribution in [2.75, 3.05) is 0 Å². The zero-order valence-corrected chi connectivity index (χ0v) is 12.3. The lowest BCUT2D eigenvalue weighted by molar-refractivity contribution is 1.03. The number of nitrogens with one attached hydrogen (secondary N) is 1. The molecule has 0 bridgehead atoms. The molecule has 0 unspecified atom stereocenters. The highest BCUT2D eigenvalue weighted by atomic mass is 32.1. The van der Waals surface area contributed by atoms with Gasteiger partial charge >= 0.3 is 0 Å². The summed E-state index contributed by atoms with van der Waals surface area (Å²) in [5, 5.41) is 9.35. The fourth-order valence-electron chi connectivity index (χ4n) is 2.06. The first-order valence-electron chi connectivity index (χ1n) is 5.96. The number of aromatic amines is 1. The maximum absolute atomic E-state index is 5.36. The number of rotatable bonds is 2. The molecule has 0 aliphatic carbocycles. The van der Waals surface area contributed by atoms with Gasteiger partial charge in [-0.25, -0.2) is 0 Å². The Morgan fingerprint density at radius 3 is 2.79 bits per heavy atom. The second-order valence-electron chi connectivity index (χ2n) is 4.46. The van der Waals surface area contributed by atoms with E-state index in [-0.39, 0.29) is 0 Å². The van der Waals surface area contributed by atoms with Crippen molar-refractivity contribution in [3.05, 3.63) is 51.6 Å². The number of hydrogen-bond donors (Lipinski definition) is 1. The molecule has 1 aromatic carbocycles. The van der Waals surface area contributed by atoms with Crippen LogP contribution in [0.3, 0.4) is 0 Å². The summed E-state index contributed by atoms with van der Waals surface area (Å²) in [5.74, 6) is 0.878. The highest BCUT2D eigenvalue weighted by Crippen LogP contribution is 2.29. The minimum Gasteiger partial charge on any atom is -0.267 e. The van der Waals surface area contributed by atoms with Crippen molar-refractivity contribution in [2.45, 2.75) is 13.8 Å². The Morgan fingerprint density at radius 2 is 2.11 bits per heavy atom. The standard InChI is InChI=1S/C14H13N3S2/c1-9-4-3-5-11(8-9)17-13(15-16-14(17)18)12-10(2)6-7-19-12/h3-8H,1-2H3,(H,16,18). The van der Waals surface area contributed by atoms with E-state index in [0.29, 0.717) is 4.77 Å². The fourth-order valence-corrected chi connectivity index (χ4v) is 3.20. The zero-order chi connectivity index (χ0) is 13.4. The van der Waals surface area contributed by atoms with Gasteiger partial charge in [0, 0.05) is 0 Å². The molecule has 0 atom stereocenters. The summed E-state index contributed by atoms with van der Waals surface area (Å²) in [6, 6.07) is 10.4. The molecule has 1 N–H and O–H groups in total. The van der Waals surface area contributed by atoms with E-state index < -0.39 is 0 Å². The highest BCUT2D eigenvalue weighted by Gasteiger charge is 2.13. The Kier molecular flexibility index (Phi) is 3.08. The van der Waals surface area contributed by atoms with E-state index >= 15 is 0 Å². The summed E-state index contributed by atoms with van der Waals surface area (Å²) in [7, 11) is 0. The number of H-pyrrole nitrogens is 1. The molecular weight excluding hydrogens is 274 g/mol. The van der Waals surface area contributed by atoms with Crippen molar-refractivity contribution in [2.24, 2.45) is 0 Å². The van der Waals surface area contributed by atoms with Crippen molar-refractivity contribution >= 4 is 23.6 Å². The fraction of sp³-hybridized carbons (Fsp3) is 0.143. The van der Waals surface area contributed by atoms with E-state index in [1.54, 1.807) is 11.3 Å². The Hall–Kier alpha value is -1.72. The van der Waals surface area contributed by atoms with Crippen LogP contribution in [0.1, 0.15) is 11.1 Å². The first-order chi connectivity index (χ1) is 9.16. The molecular formula is C14H13N3S2. The Balaban J connectivity index is 2.25. The molecule has 0 spiro atoms. The van der Waals surface area contributed by atoms with Crippen molar-refractivity contribution in [1.29, 1.82) is 0 Å². The minimum absolute atomic E-state index is 0.619. The number of benzene rings is 1. The van der Waals surface area contributed by atoms with Crippen molar-refractivity contribution in [3.8, 4) is 16.4 Å². The lowest BCUT2D eigenvalue weighted by Gasteiger charge is -2.07. The first kappa shape index (κ1) is 12.3. The molecule has 0 aliphatic rings. The van der Waals surface area contributed by atoms with Gasteiger partial charge in [-0.3, -0.25) is 9.67 Å². The Labute approximate surface area is 120 Å². The van der Waals surface area contributed by atoms with E-state index in [1.807, 2.05) is 16.7 Å². The van der Waals surface area contributed by atoms with E-state index in [2.05, 4.69) is 47.6 Å². The smallest absolute Gasteiger partial charge is 0.200 e. The van der Waals surface area contributed by atoms with Gasteiger partial charge in [-0.05, 0) is 60.8 Å². The largest absolute Gasteiger partial charge is 0.267 e. The monoisotopic (exact) mass is 287 g/mol. The van der Waals surface area contributed by atoms with Crippen molar-refractivity contribution < 1.29 is 0 Å². The third kappa shape index (κ3) is 2.15. The Bertz CT molecular complexity index is 780. The van der Waals surface area contributed by atoms with Crippen LogP contribution in [0.5, 0.6) is 0 Å². The van der Waals surface area contributed by atoms with Crippen LogP contribution in [0.15, 0.2) is 35.7 Å². The van der Waals surface area contributed by atoms with Crippen LogP contribution >= 0.6 is 23.6 Å². The predicted molar refractivity (Wildman–Crippen MR) is 81.5 cm³/mol. The van der Waals surface area contributed by atoms with Gasteiger partial charge < -0.3 is 0 Å². The molecule has 0 saturated heterocycles. The van der Waals surface area contributed by atoms with Crippen LogP contribution in [0.4, 0.5) is 0 Å². The predicted octanol–water partition coefficient (Wildman–Crippen LogP) is 4.28. The summed E-state index contributed by atoms with van der Waals surface area (Å²) in [4.78, 5) is 1.15. The molecule has 3 rings (SSSR count). The summed E-state index contributed by atoms with van der Waals surface area (Å²) < 4.78 is 2.61. The maximum atomic E-state index is 5.36. The number of nitrogens with zero attached hydrogens (tertiary/aromatic N) is 2. The molecule has 0 amide bonds. The van der Waals surface area contributed by atoms with E-state index in [1.165, 1.54) is 11.1 Å². The molecule has 5 heteroatoms. The average Bonchev–Trinajstić information content (AvgIpc) is 2.95. The van der Waals surface area contributed by atoms with Crippen LogP contribution in [0.2, 0.25) is 0 Å². The first-order valence-corrected chi connectivity index (χ1v) is 7.24. The maximum Gasteiger partial charge on any atom is 0.200 e. The van der Waals surface area contributed by atoms with Gasteiger partial charge in [0.1, 0.15) is 0 Å². The molecule has 2 heterocycles. The van der Waals surface area contributed by atoms with Gasteiger partial charge in [-0.2, -0.15) is 5.10 Å². The van der Waals surface area contributed by atoms with Crippen LogP contribution in [0, 0.1) is 18.6 Å². The second-order valence-corrected chi connectivity index (χ2v) is 5.76. The topological polar surface area (TPSA) is 33.6 Å². The van der Waals surface area contributed by atoms with Crippen molar-refractivity contribution in [1.82, 2.24) is 14.8 Å². The third-order valence-corrected chi connectivity index (χ3v) is 4.28. The molecule has 0 radical (unpaired) electrons. The normalized spacial score (nSPS) is 10.8. The van der Waals surface area contributed by atoms with E-state index in [0.717, 1.165) is 16.4 Å². The van der Waals surface area contributed by atoms with Gasteiger partial charge in [-0.15, -0.1) is 11.3 Å². The molecule has 3 nitrogen and oxygen atoms in total. The van der Waals surface area contributed by atoms with Crippen molar-refractivity contribution in [3.63, 3.8) is 0 Å². The SMILES string of the molecule is Cc1cccc(-n2c(-c3sccc3C)n[nH]c2=S)c1. The summed E-state index contributed by atoms with van der Waals surface area (Å²) >= 11 is 7.04. The van der Waals surface area contributed by atoms with E-state index in [9.17, 15) is 0 Å². The van der Waals surface area contributed by atoms with Gasteiger partial charge in [0.15, 0.2) is 10.6 Å². The molecule has 0 fully saturated rings. The second kappa shape index (κ2) is 4.75. The van der Waals surface area contributed by atoms with Crippen LogP contribution in [-0.2, 0) is 0 Å². The van der Waals surface area contributed by atoms with Gasteiger partial charge in [0.25, 0.3) is 0 Å². The van der Waals surface area contributed by atoms with Gasteiger partial charge in [0.2, 0.25) is 0 Å². The lowest BCUT2D eigenvalue weighted by atomic mass is 10.2. The zero-order valence-electron chi connectivity index (χ0n) is 10.7. The van der Waals surface area contributed by atoms with E-state index in [4.69, 9.17) is 12.2 Å². The molecule has 3 aromatic rings. The number of aromatic nitrogens is 3. The number of hydrogen-bond acceptors (Lipinski definition) is 3. The molecule has 0 aliphatic heterocycles. The van der Waals surface area contributed by atoms with Crippen LogP contribution < -0.4 is 0 Å².